The van der Waals surface area contributed by atoms with Crippen LogP contribution in [0.2, 0.25) is 0 Å². The van der Waals surface area contributed by atoms with E-state index in [1.54, 1.807) is 24.3 Å². The molecule has 5 heteroatoms. The van der Waals surface area contributed by atoms with Crippen LogP contribution in [0.5, 0.6) is 0 Å². The second-order valence-corrected chi connectivity index (χ2v) is 6.70. The average molecular weight is 290 g/mol. The van der Waals surface area contributed by atoms with Gasteiger partial charge < -0.3 is 5.73 Å². The summed E-state index contributed by atoms with van der Waals surface area (Å²) in [6.45, 7) is 2.27. The molecule has 20 heavy (non-hydrogen) atoms. The predicted molar refractivity (Wildman–Crippen MR) is 83.1 cm³/mol. The van der Waals surface area contributed by atoms with Gasteiger partial charge in [0.2, 0.25) is 10.0 Å². The molecule has 4 nitrogen and oxygen atoms in total. The van der Waals surface area contributed by atoms with Crippen molar-refractivity contribution in [3.8, 4) is 0 Å². The maximum absolute atomic E-state index is 12.0. The molecule has 0 saturated carbocycles. The molecule has 2 rings (SSSR count). The maximum Gasteiger partial charge on any atom is 0.232 e. The van der Waals surface area contributed by atoms with E-state index in [1.165, 1.54) is 10.6 Å². The van der Waals surface area contributed by atoms with Crippen LogP contribution in [0.3, 0.4) is 0 Å². The van der Waals surface area contributed by atoms with E-state index in [1.807, 2.05) is 31.2 Å². The second kappa shape index (κ2) is 5.54. The fourth-order valence-corrected chi connectivity index (χ4v) is 2.89. The van der Waals surface area contributed by atoms with Crippen molar-refractivity contribution in [2.75, 3.05) is 16.3 Å². The molecule has 0 spiro atoms. The third-order valence-corrected chi connectivity index (χ3v) is 4.27. The number of nitrogens with zero attached hydrogens (tertiary/aromatic N) is 1. The normalized spacial score (nSPS) is 11.3. The van der Waals surface area contributed by atoms with Crippen molar-refractivity contribution in [1.29, 1.82) is 0 Å². The lowest BCUT2D eigenvalue weighted by molar-refractivity contribution is 0.596. The van der Waals surface area contributed by atoms with Crippen LogP contribution in [0.15, 0.2) is 48.5 Å². The number of hydrogen-bond donors (Lipinski definition) is 1. The van der Waals surface area contributed by atoms with Gasteiger partial charge in [0.05, 0.1) is 18.5 Å². The molecular formula is C15H18N2O2S. The number of nitrogens with two attached hydrogens (primary N) is 1. The highest BCUT2D eigenvalue weighted by molar-refractivity contribution is 7.92. The van der Waals surface area contributed by atoms with Crippen molar-refractivity contribution in [2.24, 2.45) is 0 Å². The van der Waals surface area contributed by atoms with Gasteiger partial charge in [-0.1, -0.05) is 30.3 Å². The minimum atomic E-state index is -3.37. The minimum absolute atomic E-state index is 0.301. The molecular weight excluding hydrogens is 272 g/mol. The highest BCUT2D eigenvalue weighted by atomic mass is 32.2. The minimum Gasteiger partial charge on any atom is -0.399 e. The van der Waals surface area contributed by atoms with Crippen LogP contribution >= 0.6 is 0 Å². The van der Waals surface area contributed by atoms with Crippen molar-refractivity contribution in [3.63, 3.8) is 0 Å². The number of aryl methyl sites for hydroxylation is 1. The highest BCUT2D eigenvalue weighted by Crippen LogP contribution is 2.23. The van der Waals surface area contributed by atoms with E-state index in [4.69, 9.17) is 5.73 Å². The molecule has 2 aromatic carbocycles. The monoisotopic (exact) mass is 290 g/mol. The number of sulfonamides is 1. The zero-order valence-electron chi connectivity index (χ0n) is 11.6. The molecule has 0 aliphatic rings. The topological polar surface area (TPSA) is 63.4 Å². The molecule has 0 amide bonds. The van der Waals surface area contributed by atoms with E-state index in [-0.39, 0.29) is 0 Å². The van der Waals surface area contributed by atoms with E-state index >= 15 is 0 Å². The summed E-state index contributed by atoms with van der Waals surface area (Å²) in [5.74, 6) is 0. The molecule has 0 heterocycles. The lowest BCUT2D eigenvalue weighted by atomic mass is 10.1. The number of anilines is 2. The van der Waals surface area contributed by atoms with Gasteiger partial charge in [-0.05, 0) is 36.2 Å². The van der Waals surface area contributed by atoms with Crippen molar-refractivity contribution in [3.05, 3.63) is 59.7 Å². The van der Waals surface area contributed by atoms with E-state index in [2.05, 4.69) is 0 Å². The van der Waals surface area contributed by atoms with Gasteiger partial charge in [-0.15, -0.1) is 0 Å². The zero-order valence-corrected chi connectivity index (χ0v) is 12.4. The molecule has 0 aliphatic heterocycles. The summed E-state index contributed by atoms with van der Waals surface area (Å²) in [4.78, 5) is 0. The Kier molecular flexibility index (Phi) is 3.99. The van der Waals surface area contributed by atoms with Gasteiger partial charge in [0.15, 0.2) is 0 Å². The Labute approximate surface area is 119 Å². The Bertz CT molecular complexity index is 711. The molecule has 0 radical (unpaired) electrons. The molecule has 0 fully saturated rings. The van der Waals surface area contributed by atoms with Gasteiger partial charge in [0.25, 0.3) is 0 Å². The van der Waals surface area contributed by atoms with Crippen LogP contribution in [-0.4, -0.2) is 14.7 Å². The molecule has 0 aromatic heterocycles. The van der Waals surface area contributed by atoms with Gasteiger partial charge in [-0.25, -0.2) is 8.42 Å². The number of nitrogen functional groups attached to an aromatic ring is 1. The average Bonchev–Trinajstić information content (AvgIpc) is 2.36. The van der Waals surface area contributed by atoms with Crippen molar-refractivity contribution in [1.82, 2.24) is 0 Å². The van der Waals surface area contributed by atoms with Crippen LogP contribution in [0.1, 0.15) is 11.1 Å². The summed E-state index contributed by atoms with van der Waals surface area (Å²) in [7, 11) is -3.37. The van der Waals surface area contributed by atoms with Crippen LogP contribution in [0.25, 0.3) is 0 Å². The second-order valence-electron chi connectivity index (χ2n) is 4.79. The lowest BCUT2D eigenvalue weighted by Crippen LogP contribution is -2.29. The van der Waals surface area contributed by atoms with Crippen molar-refractivity contribution >= 4 is 21.4 Å². The number of rotatable bonds is 4. The lowest BCUT2D eigenvalue weighted by Gasteiger charge is -2.23. The molecule has 0 bridgehead atoms. The number of hydrogen-bond acceptors (Lipinski definition) is 3. The smallest absolute Gasteiger partial charge is 0.232 e. The summed E-state index contributed by atoms with van der Waals surface area (Å²) in [5.41, 5.74) is 8.90. The van der Waals surface area contributed by atoms with Gasteiger partial charge >= 0.3 is 0 Å². The third kappa shape index (κ3) is 3.30. The first-order chi connectivity index (χ1) is 9.38. The van der Waals surface area contributed by atoms with Crippen LogP contribution in [-0.2, 0) is 16.6 Å². The summed E-state index contributed by atoms with van der Waals surface area (Å²) < 4.78 is 25.5. The van der Waals surface area contributed by atoms with E-state index in [0.29, 0.717) is 17.9 Å². The summed E-state index contributed by atoms with van der Waals surface area (Å²) >= 11 is 0. The van der Waals surface area contributed by atoms with Crippen LogP contribution in [0, 0.1) is 6.92 Å². The fraction of sp³-hybridized carbons (Fsp3) is 0.200. The van der Waals surface area contributed by atoms with E-state index in [0.717, 1.165) is 11.1 Å². The van der Waals surface area contributed by atoms with E-state index in [9.17, 15) is 8.42 Å². The van der Waals surface area contributed by atoms with Gasteiger partial charge in [-0.2, -0.15) is 0 Å². The van der Waals surface area contributed by atoms with Crippen LogP contribution < -0.4 is 10.0 Å². The maximum atomic E-state index is 12.0. The Morgan fingerprint density at radius 1 is 1.10 bits per heavy atom. The van der Waals surface area contributed by atoms with Crippen LogP contribution in [0.4, 0.5) is 11.4 Å². The zero-order chi connectivity index (χ0) is 14.8. The molecule has 0 atom stereocenters. The van der Waals surface area contributed by atoms with E-state index < -0.39 is 10.0 Å². The molecule has 2 N–H and O–H groups in total. The molecule has 2 aromatic rings. The Morgan fingerprint density at radius 2 is 1.80 bits per heavy atom. The van der Waals surface area contributed by atoms with Gasteiger partial charge in [-0.3, -0.25) is 4.31 Å². The first kappa shape index (κ1) is 14.4. The molecule has 106 valence electrons. The predicted octanol–water partition coefficient (Wildman–Crippen LogP) is 2.54. The molecule has 0 unspecified atom stereocenters. The highest BCUT2D eigenvalue weighted by Gasteiger charge is 2.18. The first-order valence-electron chi connectivity index (χ1n) is 6.25. The standard InChI is InChI=1S/C15H18N2O2S/c1-12-6-3-4-7-13(12)11-17(20(2,18)19)15-9-5-8-14(16)10-15/h3-10H,11,16H2,1-2H3. The van der Waals surface area contributed by atoms with Crippen molar-refractivity contribution < 1.29 is 8.42 Å². The van der Waals surface area contributed by atoms with Crippen molar-refractivity contribution in [2.45, 2.75) is 13.5 Å². The molecule has 0 aliphatic carbocycles. The quantitative estimate of drug-likeness (QED) is 0.880. The third-order valence-electron chi connectivity index (χ3n) is 3.13. The Balaban J connectivity index is 2.43. The number of benzene rings is 2. The molecule has 0 saturated heterocycles. The summed E-state index contributed by atoms with van der Waals surface area (Å²) in [5, 5.41) is 0. The Morgan fingerprint density at radius 3 is 2.40 bits per heavy atom. The Hall–Kier alpha value is -2.01. The van der Waals surface area contributed by atoms with Gasteiger partial charge in [0.1, 0.15) is 0 Å². The largest absolute Gasteiger partial charge is 0.399 e. The van der Waals surface area contributed by atoms with Gasteiger partial charge in [0, 0.05) is 5.69 Å². The first-order valence-corrected chi connectivity index (χ1v) is 8.10. The summed E-state index contributed by atoms with van der Waals surface area (Å²) in [6.07, 6.45) is 1.20. The SMILES string of the molecule is Cc1ccccc1CN(c1cccc(N)c1)S(C)(=O)=O. The fourth-order valence-electron chi connectivity index (χ4n) is 2.02. The summed E-state index contributed by atoms with van der Waals surface area (Å²) in [6, 6.07) is 14.6.